The second kappa shape index (κ2) is 20.6. The first-order chi connectivity index (χ1) is 12.6. The van der Waals surface area contributed by atoms with Crippen LogP contribution in [0.1, 0.15) is 110 Å². The van der Waals surface area contributed by atoms with Crippen LogP contribution in [0.3, 0.4) is 0 Å². The first-order valence-corrected chi connectivity index (χ1v) is 11.3. The number of halogens is 1. The van der Waals surface area contributed by atoms with E-state index in [1.807, 2.05) is 0 Å². The maximum Gasteiger partial charge on any atom is 0.0448 e. The number of aliphatic hydroxyl groups is 2. The fraction of sp³-hybridized carbons (Fsp3) is 0.913. The molecule has 0 saturated carbocycles. The SMILES string of the molecule is CCCCCCCC/C=C\CCCCCCC(C)C(N)(CCO)CCO.Cl. The highest BCUT2D eigenvalue weighted by atomic mass is 35.5. The molecule has 0 aromatic carbocycles. The van der Waals surface area contributed by atoms with Gasteiger partial charge in [-0.25, -0.2) is 0 Å². The molecule has 4 N–H and O–H groups in total. The molecule has 0 rings (SSSR count). The van der Waals surface area contributed by atoms with Crippen molar-refractivity contribution < 1.29 is 10.2 Å². The summed E-state index contributed by atoms with van der Waals surface area (Å²) < 4.78 is 0. The van der Waals surface area contributed by atoms with E-state index in [1.54, 1.807) is 0 Å². The third-order valence-electron chi connectivity index (χ3n) is 5.78. The Morgan fingerprint density at radius 2 is 1.22 bits per heavy atom. The molecule has 0 saturated heterocycles. The molecular formula is C23H48ClNO2. The van der Waals surface area contributed by atoms with Gasteiger partial charge in [0.2, 0.25) is 0 Å². The quantitative estimate of drug-likeness (QED) is 0.178. The van der Waals surface area contributed by atoms with Crippen LogP contribution >= 0.6 is 12.4 Å². The summed E-state index contributed by atoms with van der Waals surface area (Å²) in [6.07, 6.45) is 22.7. The van der Waals surface area contributed by atoms with Crippen molar-refractivity contribution in [1.29, 1.82) is 0 Å². The number of unbranched alkanes of at least 4 members (excludes halogenated alkanes) is 10. The van der Waals surface area contributed by atoms with Crippen LogP contribution in [0.4, 0.5) is 0 Å². The Hall–Kier alpha value is -0.0900. The lowest BCUT2D eigenvalue weighted by Crippen LogP contribution is -2.47. The molecular weight excluding hydrogens is 358 g/mol. The summed E-state index contributed by atoms with van der Waals surface area (Å²) in [6, 6.07) is 0. The second-order valence-electron chi connectivity index (χ2n) is 8.10. The van der Waals surface area contributed by atoms with Crippen LogP contribution < -0.4 is 5.73 Å². The molecule has 0 aromatic heterocycles. The third-order valence-corrected chi connectivity index (χ3v) is 5.78. The van der Waals surface area contributed by atoms with Crippen molar-refractivity contribution >= 4 is 12.4 Å². The molecule has 3 nitrogen and oxygen atoms in total. The average Bonchev–Trinajstić information content (AvgIpc) is 2.62. The molecule has 0 aliphatic rings. The van der Waals surface area contributed by atoms with Gasteiger partial charge in [-0.2, -0.15) is 0 Å². The van der Waals surface area contributed by atoms with Gasteiger partial charge in [0.25, 0.3) is 0 Å². The maximum absolute atomic E-state index is 9.20. The number of aliphatic hydroxyl groups excluding tert-OH is 2. The van der Waals surface area contributed by atoms with Gasteiger partial charge in [-0.3, -0.25) is 0 Å². The lowest BCUT2D eigenvalue weighted by Gasteiger charge is -2.35. The van der Waals surface area contributed by atoms with Crippen LogP contribution in [0.25, 0.3) is 0 Å². The summed E-state index contributed by atoms with van der Waals surface area (Å²) in [5.41, 5.74) is 5.97. The summed E-state index contributed by atoms with van der Waals surface area (Å²) in [7, 11) is 0. The van der Waals surface area contributed by atoms with Crippen LogP contribution in [0, 0.1) is 5.92 Å². The van der Waals surface area contributed by atoms with E-state index in [9.17, 15) is 10.2 Å². The minimum absolute atomic E-state index is 0. The van der Waals surface area contributed by atoms with Crippen LogP contribution in [0.5, 0.6) is 0 Å². The number of hydrogen-bond acceptors (Lipinski definition) is 3. The van der Waals surface area contributed by atoms with E-state index in [0.717, 1.165) is 6.42 Å². The highest BCUT2D eigenvalue weighted by Gasteiger charge is 2.30. The Morgan fingerprint density at radius 1 is 0.778 bits per heavy atom. The highest BCUT2D eigenvalue weighted by Crippen LogP contribution is 2.27. The van der Waals surface area contributed by atoms with Crippen LogP contribution in [0.2, 0.25) is 0 Å². The van der Waals surface area contributed by atoms with Crippen LogP contribution in [-0.2, 0) is 0 Å². The van der Waals surface area contributed by atoms with Gasteiger partial charge < -0.3 is 15.9 Å². The van der Waals surface area contributed by atoms with Gasteiger partial charge in [0.15, 0.2) is 0 Å². The van der Waals surface area contributed by atoms with Crippen molar-refractivity contribution in [3.8, 4) is 0 Å². The molecule has 0 aliphatic carbocycles. The zero-order valence-corrected chi connectivity index (χ0v) is 18.9. The second-order valence-corrected chi connectivity index (χ2v) is 8.10. The Kier molecular flexibility index (Phi) is 22.3. The van der Waals surface area contributed by atoms with Gasteiger partial charge >= 0.3 is 0 Å². The topological polar surface area (TPSA) is 66.5 Å². The molecule has 0 amide bonds. The number of nitrogens with two attached hydrogens (primary N) is 1. The van der Waals surface area contributed by atoms with Gasteiger partial charge in [-0.1, -0.05) is 77.4 Å². The van der Waals surface area contributed by atoms with Crippen LogP contribution in [0.15, 0.2) is 12.2 Å². The van der Waals surface area contributed by atoms with Crippen molar-refractivity contribution in [1.82, 2.24) is 0 Å². The highest BCUT2D eigenvalue weighted by molar-refractivity contribution is 5.85. The third kappa shape index (κ3) is 16.6. The lowest BCUT2D eigenvalue weighted by molar-refractivity contribution is 0.146. The van der Waals surface area contributed by atoms with E-state index in [0.29, 0.717) is 18.8 Å². The van der Waals surface area contributed by atoms with Crippen molar-refractivity contribution in [3.05, 3.63) is 12.2 Å². The molecule has 27 heavy (non-hydrogen) atoms. The number of rotatable bonds is 19. The van der Waals surface area contributed by atoms with E-state index < -0.39 is 5.54 Å². The standard InChI is InChI=1S/C23H47NO2.ClH/c1-3-4-5-6-7-8-9-10-11-12-13-14-15-16-17-22(2)23(24,18-20-25)19-21-26;/h10-11,22,25-26H,3-9,12-21,24H2,1-2H3;1H/b11-10-;. The fourth-order valence-corrected chi connectivity index (χ4v) is 3.67. The van der Waals surface area contributed by atoms with Crippen molar-refractivity contribution in [3.63, 3.8) is 0 Å². The fourth-order valence-electron chi connectivity index (χ4n) is 3.67. The first kappa shape index (κ1) is 29.1. The molecule has 164 valence electrons. The Labute approximate surface area is 175 Å². The molecule has 1 atom stereocenters. The lowest BCUT2D eigenvalue weighted by atomic mass is 9.78. The predicted molar refractivity (Wildman–Crippen MR) is 122 cm³/mol. The first-order valence-electron chi connectivity index (χ1n) is 11.3. The van der Waals surface area contributed by atoms with Gasteiger partial charge in [-0.05, 0) is 50.9 Å². The molecule has 1 unspecified atom stereocenters. The zero-order valence-electron chi connectivity index (χ0n) is 18.1. The number of hydrogen-bond donors (Lipinski definition) is 3. The zero-order chi connectivity index (χ0) is 19.5. The van der Waals surface area contributed by atoms with Gasteiger partial charge in [0.05, 0.1) is 0 Å². The van der Waals surface area contributed by atoms with Gasteiger partial charge in [0, 0.05) is 18.8 Å². The van der Waals surface area contributed by atoms with E-state index in [-0.39, 0.29) is 25.6 Å². The van der Waals surface area contributed by atoms with E-state index in [4.69, 9.17) is 5.73 Å². The minimum Gasteiger partial charge on any atom is -0.396 e. The van der Waals surface area contributed by atoms with Crippen molar-refractivity contribution in [2.75, 3.05) is 13.2 Å². The van der Waals surface area contributed by atoms with E-state index in [2.05, 4.69) is 26.0 Å². The van der Waals surface area contributed by atoms with Gasteiger partial charge in [0.1, 0.15) is 0 Å². The van der Waals surface area contributed by atoms with E-state index >= 15 is 0 Å². The van der Waals surface area contributed by atoms with Crippen molar-refractivity contribution in [2.24, 2.45) is 11.7 Å². The molecule has 0 spiro atoms. The summed E-state index contributed by atoms with van der Waals surface area (Å²) in [4.78, 5) is 0. The Balaban J connectivity index is 0. The molecule has 0 bridgehead atoms. The summed E-state index contributed by atoms with van der Waals surface area (Å²) >= 11 is 0. The Bertz CT molecular complexity index is 318. The number of allylic oxidation sites excluding steroid dienone is 2. The van der Waals surface area contributed by atoms with Crippen LogP contribution in [-0.4, -0.2) is 29.0 Å². The predicted octanol–water partition coefficient (Wildman–Crippen LogP) is 6.15. The molecule has 0 fully saturated rings. The molecule has 0 heterocycles. The average molecular weight is 406 g/mol. The van der Waals surface area contributed by atoms with E-state index in [1.165, 1.54) is 77.0 Å². The normalized spacial score (nSPS) is 13.1. The molecule has 0 aliphatic heterocycles. The van der Waals surface area contributed by atoms with Gasteiger partial charge in [-0.15, -0.1) is 12.4 Å². The summed E-state index contributed by atoms with van der Waals surface area (Å²) in [5.74, 6) is 0.346. The van der Waals surface area contributed by atoms with Crippen molar-refractivity contribution in [2.45, 2.75) is 116 Å². The summed E-state index contributed by atoms with van der Waals surface area (Å²) in [6.45, 7) is 4.64. The minimum atomic E-state index is -0.414. The Morgan fingerprint density at radius 3 is 1.70 bits per heavy atom. The monoisotopic (exact) mass is 405 g/mol. The summed E-state index contributed by atoms with van der Waals surface area (Å²) in [5, 5.41) is 18.4. The largest absolute Gasteiger partial charge is 0.396 e. The smallest absolute Gasteiger partial charge is 0.0448 e. The molecule has 0 aromatic rings. The molecule has 4 heteroatoms. The maximum atomic E-state index is 9.20. The molecule has 0 radical (unpaired) electrons.